The van der Waals surface area contributed by atoms with Gasteiger partial charge in [-0.3, -0.25) is 0 Å². The van der Waals surface area contributed by atoms with Crippen molar-refractivity contribution in [1.29, 1.82) is 0 Å². The molecule has 0 aliphatic heterocycles. The van der Waals surface area contributed by atoms with Crippen LogP contribution in [0.25, 0.3) is 0 Å². The SMILES string of the molecule is CCCC1C(=C=O)C(OC)=CC=C1O. The summed E-state index contributed by atoms with van der Waals surface area (Å²) in [5, 5.41) is 9.58. The molecule has 1 aliphatic rings. The molecule has 0 radical (unpaired) electrons. The van der Waals surface area contributed by atoms with Crippen LogP contribution in [-0.2, 0) is 9.53 Å². The number of carbonyl (C=O) groups excluding carboxylic acids is 1. The number of aliphatic hydroxyl groups is 1. The first-order valence-corrected chi connectivity index (χ1v) is 4.64. The highest BCUT2D eigenvalue weighted by Gasteiger charge is 2.25. The summed E-state index contributed by atoms with van der Waals surface area (Å²) in [7, 11) is 1.50. The average Bonchev–Trinajstić information content (AvgIpc) is 2.21. The Bertz CT molecular complexity index is 319. The summed E-state index contributed by atoms with van der Waals surface area (Å²) in [6.07, 6.45) is 4.78. The monoisotopic (exact) mass is 194 g/mol. The highest BCUT2D eigenvalue weighted by Crippen LogP contribution is 2.31. The molecule has 3 nitrogen and oxygen atoms in total. The summed E-state index contributed by atoms with van der Waals surface area (Å²) in [6.45, 7) is 2.00. The lowest BCUT2D eigenvalue weighted by Crippen LogP contribution is -2.14. The molecule has 76 valence electrons. The van der Waals surface area contributed by atoms with Gasteiger partial charge in [-0.25, -0.2) is 4.79 Å². The highest BCUT2D eigenvalue weighted by molar-refractivity contribution is 5.63. The lowest BCUT2D eigenvalue weighted by atomic mass is 9.88. The van der Waals surface area contributed by atoms with Gasteiger partial charge in [0.2, 0.25) is 0 Å². The molecule has 0 amide bonds. The Morgan fingerprint density at radius 3 is 2.79 bits per heavy atom. The molecule has 0 aromatic heterocycles. The average molecular weight is 194 g/mol. The Hall–Kier alpha value is -1.47. The van der Waals surface area contributed by atoms with Gasteiger partial charge in [0.05, 0.1) is 18.6 Å². The van der Waals surface area contributed by atoms with E-state index in [-0.39, 0.29) is 11.7 Å². The van der Waals surface area contributed by atoms with E-state index in [1.54, 1.807) is 12.2 Å². The van der Waals surface area contributed by atoms with Gasteiger partial charge in [-0.05, 0) is 18.6 Å². The van der Waals surface area contributed by atoms with E-state index in [1.807, 2.05) is 12.9 Å². The number of hydrogen-bond acceptors (Lipinski definition) is 3. The Kier molecular flexibility index (Phi) is 3.55. The molecule has 0 fully saturated rings. The van der Waals surface area contributed by atoms with Crippen molar-refractivity contribution in [3.63, 3.8) is 0 Å². The third-order valence-electron chi connectivity index (χ3n) is 2.28. The van der Waals surface area contributed by atoms with E-state index in [2.05, 4.69) is 0 Å². The first-order valence-electron chi connectivity index (χ1n) is 4.64. The Labute approximate surface area is 83.4 Å². The summed E-state index contributed by atoms with van der Waals surface area (Å²) < 4.78 is 5.03. The molecule has 1 aliphatic carbocycles. The quantitative estimate of drug-likeness (QED) is 0.700. The maximum absolute atomic E-state index is 10.7. The zero-order chi connectivity index (χ0) is 10.6. The summed E-state index contributed by atoms with van der Waals surface area (Å²) >= 11 is 0. The van der Waals surface area contributed by atoms with Crippen molar-refractivity contribution >= 4 is 5.94 Å². The maximum atomic E-state index is 10.7. The number of hydrogen-bond donors (Lipinski definition) is 1. The first kappa shape index (κ1) is 10.6. The Morgan fingerprint density at radius 1 is 1.57 bits per heavy atom. The molecule has 0 aromatic rings. The van der Waals surface area contributed by atoms with Crippen LogP contribution in [0.2, 0.25) is 0 Å². The molecule has 0 heterocycles. The fraction of sp³-hybridized carbons (Fsp3) is 0.455. The molecule has 1 N–H and O–H groups in total. The number of ether oxygens (including phenoxy) is 1. The molecule has 0 bridgehead atoms. The summed E-state index contributed by atoms with van der Waals surface area (Å²) in [4.78, 5) is 10.7. The number of allylic oxidation sites excluding steroid dienone is 4. The minimum absolute atomic E-state index is 0.214. The van der Waals surface area contributed by atoms with Crippen LogP contribution >= 0.6 is 0 Å². The molecular weight excluding hydrogens is 180 g/mol. The van der Waals surface area contributed by atoms with Gasteiger partial charge in [-0.15, -0.1) is 0 Å². The van der Waals surface area contributed by atoms with Crippen LogP contribution in [-0.4, -0.2) is 18.2 Å². The van der Waals surface area contributed by atoms with Crippen molar-refractivity contribution in [1.82, 2.24) is 0 Å². The second-order valence-corrected chi connectivity index (χ2v) is 3.18. The molecule has 1 rings (SSSR count). The molecule has 14 heavy (non-hydrogen) atoms. The highest BCUT2D eigenvalue weighted by atomic mass is 16.5. The standard InChI is InChI=1S/C11H14O3/c1-3-4-8-9(7-12)11(14-2)6-5-10(8)13/h5-6,8,13H,3-4H2,1-2H3. The smallest absolute Gasteiger partial charge is 0.133 e. The van der Waals surface area contributed by atoms with Crippen LogP contribution in [0.5, 0.6) is 0 Å². The van der Waals surface area contributed by atoms with E-state index in [9.17, 15) is 9.90 Å². The molecule has 0 saturated heterocycles. The predicted molar refractivity (Wildman–Crippen MR) is 53.4 cm³/mol. The van der Waals surface area contributed by atoms with Crippen LogP contribution in [0.15, 0.2) is 29.2 Å². The lowest BCUT2D eigenvalue weighted by Gasteiger charge is -2.20. The van der Waals surface area contributed by atoms with Gasteiger partial charge in [0.1, 0.15) is 17.5 Å². The van der Waals surface area contributed by atoms with Gasteiger partial charge in [-0.1, -0.05) is 13.3 Å². The van der Waals surface area contributed by atoms with Crippen LogP contribution in [0.1, 0.15) is 19.8 Å². The molecule has 0 saturated carbocycles. The van der Waals surface area contributed by atoms with Crippen molar-refractivity contribution in [2.24, 2.45) is 5.92 Å². The van der Waals surface area contributed by atoms with Gasteiger partial charge >= 0.3 is 0 Å². The van der Waals surface area contributed by atoms with E-state index in [4.69, 9.17) is 4.74 Å². The topological polar surface area (TPSA) is 46.5 Å². The molecule has 3 heteroatoms. The zero-order valence-electron chi connectivity index (χ0n) is 8.41. The Balaban J connectivity index is 3.02. The van der Waals surface area contributed by atoms with Crippen molar-refractivity contribution in [3.05, 3.63) is 29.2 Å². The molecule has 1 atom stereocenters. The van der Waals surface area contributed by atoms with Crippen molar-refractivity contribution in [2.75, 3.05) is 7.11 Å². The van der Waals surface area contributed by atoms with E-state index in [1.165, 1.54) is 7.11 Å². The van der Waals surface area contributed by atoms with Gasteiger partial charge in [0.15, 0.2) is 0 Å². The minimum atomic E-state index is -0.252. The summed E-state index contributed by atoms with van der Waals surface area (Å²) in [5.74, 6) is 2.30. The maximum Gasteiger partial charge on any atom is 0.133 e. The van der Waals surface area contributed by atoms with Crippen LogP contribution in [0.3, 0.4) is 0 Å². The minimum Gasteiger partial charge on any atom is -0.512 e. The lowest BCUT2D eigenvalue weighted by molar-refractivity contribution is 0.273. The second-order valence-electron chi connectivity index (χ2n) is 3.18. The third kappa shape index (κ3) is 1.88. The van der Waals surface area contributed by atoms with E-state index in [0.29, 0.717) is 11.3 Å². The molecule has 1 unspecified atom stereocenters. The van der Waals surface area contributed by atoms with Crippen LogP contribution in [0, 0.1) is 5.92 Å². The first-order chi connectivity index (χ1) is 6.74. The molecule has 0 spiro atoms. The third-order valence-corrected chi connectivity index (χ3v) is 2.28. The van der Waals surface area contributed by atoms with Crippen molar-refractivity contribution < 1.29 is 14.6 Å². The van der Waals surface area contributed by atoms with E-state index >= 15 is 0 Å². The summed E-state index contributed by atoms with van der Waals surface area (Å²) in [5.41, 5.74) is 0.411. The van der Waals surface area contributed by atoms with E-state index in [0.717, 1.165) is 12.8 Å². The Morgan fingerprint density at radius 2 is 2.29 bits per heavy atom. The van der Waals surface area contributed by atoms with Gasteiger partial charge in [0, 0.05) is 0 Å². The van der Waals surface area contributed by atoms with Crippen LogP contribution in [0.4, 0.5) is 0 Å². The van der Waals surface area contributed by atoms with Gasteiger partial charge in [0.25, 0.3) is 0 Å². The number of rotatable bonds is 3. The largest absolute Gasteiger partial charge is 0.512 e. The van der Waals surface area contributed by atoms with Gasteiger partial charge in [-0.2, -0.15) is 0 Å². The van der Waals surface area contributed by atoms with Crippen molar-refractivity contribution in [3.8, 4) is 0 Å². The van der Waals surface area contributed by atoms with Crippen molar-refractivity contribution in [2.45, 2.75) is 19.8 Å². The normalized spacial score (nSPS) is 21.0. The number of aliphatic hydroxyl groups excluding tert-OH is 1. The van der Waals surface area contributed by atoms with Gasteiger partial charge < -0.3 is 9.84 Å². The van der Waals surface area contributed by atoms with Crippen LogP contribution < -0.4 is 0 Å². The molecule has 0 aromatic carbocycles. The molecular formula is C11H14O3. The second kappa shape index (κ2) is 4.68. The number of methoxy groups -OCH3 is 1. The fourth-order valence-corrected chi connectivity index (χ4v) is 1.57. The zero-order valence-corrected chi connectivity index (χ0v) is 8.41. The fourth-order valence-electron chi connectivity index (χ4n) is 1.57. The van der Waals surface area contributed by atoms with E-state index < -0.39 is 0 Å². The summed E-state index contributed by atoms with van der Waals surface area (Å²) in [6, 6.07) is 0. The predicted octanol–water partition coefficient (Wildman–Crippen LogP) is 2.15.